The van der Waals surface area contributed by atoms with Crippen molar-refractivity contribution in [1.29, 1.82) is 0 Å². The molecule has 1 heterocycles. The minimum absolute atomic E-state index is 0.0783. The number of rotatable bonds is 13. The van der Waals surface area contributed by atoms with Crippen molar-refractivity contribution in [3.05, 3.63) is 82.0 Å². The fourth-order valence-corrected chi connectivity index (χ4v) is 5.09. The van der Waals surface area contributed by atoms with Crippen molar-refractivity contribution in [1.82, 2.24) is 0 Å². The molecule has 0 saturated carbocycles. The van der Waals surface area contributed by atoms with Gasteiger partial charge in [-0.15, -0.1) is 0 Å². The summed E-state index contributed by atoms with van der Waals surface area (Å²) in [6.07, 6.45) is 13.8. The first-order valence-corrected chi connectivity index (χ1v) is 13.9. The highest BCUT2D eigenvalue weighted by molar-refractivity contribution is 6.05. The maximum atomic E-state index is 15.3. The van der Waals surface area contributed by atoms with Crippen LogP contribution in [0.5, 0.6) is 0 Å². The Balaban J connectivity index is 1.54. The lowest BCUT2D eigenvalue weighted by Crippen LogP contribution is -2.03. The zero-order chi connectivity index (χ0) is 25.3. The zero-order valence-electron chi connectivity index (χ0n) is 21.9. The summed E-state index contributed by atoms with van der Waals surface area (Å²) in [7, 11) is 0. The van der Waals surface area contributed by atoms with Crippen LogP contribution in [0, 0.1) is 5.82 Å². The van der Waals surface area contributed by atoms with Gasteiger partial charge in [0.25, 0.3) is 0 Å². The molecule has 1 aromatic heterocycles. The largest absolute Gasteiger partial charge is 0.419 e. The van der Waals surface area contributed by atoms with Gasteiger partial charge in [-0.3, -0.25) is 0 Å². The second-order valence-corrected chi connectivity index (χ2v) is 10.1. The first kappa shape index (κ1) is 26.1. The van der Waals surface area contributed by atoms with Gasteiger partial charge in [0.15, 0.2) is 11.4 Å². The number of benzene rings is 3. The van der Waals surface area contributed by atoms with Crippen molar-refractivity contribution >= 4 is 21.7 Å². The highest BCUT2D eigenvalue weighted by Gasteiger charge is 2.15. The highest BCUT2D eigenvalue weighted by Crippen LogP contribution is 2.30. The van der Waals surface area contributed by atoms with Crippen LogP contribution in [0.25, 0.3) is 32.9 Å². The number of hydrogen-bond donors (Lipinski definition) is 0. The molecule has 0 spiro atoms. The smallest absolute Gasteiger partial charge is 0.344 e. The Bertz CT molecular complexity index is 1330. The molecule has 4 aromatic rings. The van der Waals surface area contributed by atoms with Crippen LogP contribution in [-0.2, 0) is 12.8 Å². The normalized spacial score (nSPS) is 11.5. The SMILES string of the molecule is CCCCCCCc1ccc(-c2ccc3c(c2)c(=O)oc2c(F)c(CCCCCCC)ccc23)cc1. The minimum atomic E-state index is -0.484. The average Bonchev–Trinajstić information content (AvgIpc) is 2.90. The van der Waals surface area contributed by atoms with Gasteiger partial charge in [0.05, 0.1) is 5.39 Å². The summed E-state index contributed by atoms with van der Waals surface area (Å²) in [6, 6.07) is 18.2. The van der Waals surface area contributed by atoms with Gasteiger partial charge in [-0.2, -0.15) is 0 Å². The molecule has 0 amide bonds. The van der Waals surface area contributed by atoms with E-state index in [1.54, 1.807) is 0 Å². The summed E-state index contributed by atoms with van der Waals surface area (Å²) >= 11 is 0. The Labute approximate surface area is 214 Å². The summed E-state index contributed by atoms with van der Waals surface area (Å²) in [6.45, 7) is 4.42. The van der Waals surface area contributed by atoms with Gasteiger partial charge < -0.3 is 4.42 Å². The minimum Gasteiger partial charge on any atom is -0.419 e. The average molecular weight is 487 g/mol. The van der Waals surface area contributed by atoms with Crippen molar-refractivity contribution in [2.45, 2.75) is 90.9 Å². The monoisotopic (exact) mass is 486 g/mol. The molecule has 0 radical (unpaired) electrons. The molecule has 3 heteroatoms. The second-order valence-electron chi connectivity index (χ2n) is 10.1. The second kappa shape index (κ2) is 12.9. The van der Waals surface area contributed by atoms with Crippen LogP contribution in [-0.4, -0.2) is 0 Å². The summed E-state index contributed by atoms with van der Waals surface area (Å²) < 4.78 is 20.8. The molecule has 0 aliphatic carbocycles. The molecule has 0 atom stereocenters. The lowest BCUT2D eigenvalue weighted by molar-refractivity contribution is 0.521. The van der Waals surface area contributed by atoms with Crippen LogP contribution < -0.4 is 5.63 Å². The topological polar surface area (TPSA) is 30.2 Å². The van der Waals surface area contributed by atoms with Crippen molar-refractivity contribution in [3.8, 4) is 11.1 Å². The molecule has 36 heavy (non-hydrogen) atoms. The van der Waals surface area contributed by atoms with E-state index in [4.69, 9.17) is 4.42 Å². The van der Waals surface area contributed by atoms with E-state index in [0.717, 1.165) is 35.8 Å². The van der Waals surface area contributed by atoms with Gasteiger partial charge >= 0.3 is 5.63 Å². The predicted octanol–water partition coefficient (Wildman–Crippen LogP) is 9.78. The number of halogens is 1. The maximum Gasteiger partial charge on any atom is 0.344 e. The van der Waals surface area contributed by atoms with Gasteiger partial charge in [0.1, 0.15) is 0 Å². The van der Waals surface area contributed by atoms with E-state index < -0.39 is 11.4 Å². The van der Waals surface area contributed by atoms with Gasteiger partial charge in [-0.05, 0) is 54.0 Å². The summed E-state index contributed by atoms with van der Waals surface area (Å²) in [4.78, 5) is 12.9. The maximum absolute atomic E-state index is 15.3. The molecule has 0 aliphatic rings. The number of hydrogen-bond acceptors (Lipinski definition) is 2. The first-order chi connectivity index (χ1) is 17.6. The molecular formula is C33H39FO2. The third kappa shape index (κ3) is 6.24. The van der Waals surface area contributed by atoms with E-state index in [2.05, 4.69) is 38.1 Å². The third-order valence-corrected chi connectivity index (χ3v) is 7.31. The summed E-state index contributed by atoms with van der Waals surface area (Å²) in [5.74, 6) is -0.392. The Morgan fingerprint density at radius 2 is 1.25 bits per heavy atom. The molecule has 0 saturated heterocycles. The van der Waals surface area contributed by atoms with Crippen LogP contribution in [0.4, 0.5) is 4.39 Å². The van der Waals surface area contributed by atoms with Crippen molar-refractivity contribution in [3.63, 3.8) is 0 Å². The number of fused-ring (bicyclic) bond motifs is 3. The van der Waals surface area contributed by atoms with Crippen molar-refractivity contribution in [2.24, 2.45) is 0 Å². The lowest BCUT2D eigenvalue weighted by Gasteiger charge is -2.10. The Morgan fingerprint density at radius 1 is 0.639 bits per heavy atom. The molecule has 4 rings (SSSR count). The molecular weight excluding hydrogens is 447 g/mol. The molecule has 0 fully saturated rings. The van der Waals surface area contributed by atoms with E-state index >= 15 is 4.39 Å². The number of unbranched alkanes of at least 4 members (excludes halogenated alkanes) is 8. The van der Waals surface area contributed by atoms with Gasteiger partial charge in [0.2, 0.25) is 0 Å². The number of aryl methyl sites for hydroxylation is 2. The molecule has 2 nitrogen and oxygen atoms in total. The fraction of sp³-hybridized carbons (Fsp3) is 0.424. The molecule has 0 aliphatic heterocycles. The van der Waals surface area contributed by atoms with Crippen LogP contribution in [0.1, 0.15) is 89.2 Å². The van der Waals surface area contributed by atoms with Gasteiger partial charge in [-0.25, -0.2) is 9.18 Å². The first-order valence-electron chi connectivity index (χ1n) is 13.9. The third-order valence-electron chi connectivity index (χ3n) is 7.31. The summed E-state index contributed by atoms with van der Waals surface area (Å²) in [5.41, 5.74) is 3.60. The van der Waals surface area contributed by atoms with Crippen LogP contribution in [0.2, 0.25) is 0 Å². The molecule has 0 bridgehead atoms. The predicted molar refractivity (Wildman–Crippen MR) is 150 cm³/mol. The Morgan fingerprint density at radius 3 is 1.94 bits per heavy atom. The van der Waals surface area contributed by atoms with E-state index in [-0.39, 0.29) is 5.58 Å². The molecule has 0 N–H and O–H groups in total. The van der Waals surface area contributed by atoms with Gasteiger partial charge in [-0.1, -0.05) is 114 Å². The summed E-state index contributed by atoms with van der Waals surface area (Å²) in [5, 5.41) is 1.88. The van der Waals surface area contributed by atoms with Crippen molar-refractivity contribution in [2.75, 3.05) is 0 Å². The Kier molecular flexibility index (Phi) is 9.33. The quantitative estimate of drug-likeness (QED) is 0.107. The van der Waals surface area contributed by atoms with E-state index in [0.29, 0.717) is 22.8 Å². The molecule has 190 valence electrons. The highest BCUT2D eigenvalue weighted by atomic mass is 19.1. The lowest BCUT2D eigenvalue weighted by atomic mass is 9.97. The molecule has 3 aromatic carbocycles. The van der Waals surface area contributed by atoms with E-state index in [1.807, 2.05) is 30.3 Å². The molecule has 0 unspecified atom stereocenters. The zero-order valence-corrected chi connectivity index (χ0v) is 21.9. The van der Waals surface area contributed by atoms with Crippen LogP contribution in [0.3, 0.4) is 0 Å². The fourth-order valence-electron chi connectivity index (χ4n) is 5.09. The van der Waals surface area contributed by atoms with Crippen LogP contribution >= 0.6 is 0 Å². The standard InChI is InChI=1S/C33H39FO2/c1-3-5-7-9-11-13-24-15-17-25(18-16-24)27-20-21-28-29-22-19-26(14-12-10-8-6-4-2)31(34)32(29)36-33(35)30(28)23-27/h15-23H,3-14H2,1-2H3. The Hall–Kier alpha value is -2.94. The van der Waals surface area contributed by atoms with Crippen LogP contribution in [0.15, 0.2) is 63.8 Å². The van der Waals surface area contributed by atoms with E-state index in [9.17, 15) is 4.79 Å². The van der Waals surface area contributed by atoms with Gasteiger partial charge in [0, 0.05) is 10.8 Å². The van der Waals surface area contributed by atoms with E-state index in [1.165, 1.54) is 56.9 Å². The van der Waals surface area contributed by atoms with Crippen molar-refractivity contribution < 1.29 is 8.81 Å².